The number of carbonyl (C=O) groups is 1. The molecule has 3 heteroatoms. The van der Waals surface area contributed by atoms with Crippen LogP contribution in [0.15, 0.2) is 12.2 Å². The smallest absolute Gasteiger partial charge is 0.226 e. The van der Waals surface area contributed by atoms with Crippen molar-refractivity contribution in [3.05, 3.63) is 12.2 Å². The third kappa shape index (κ3) is 10.3. The number of hydrogen-bond donors (Lipinski definition) is 2. The molecule has 0 aromatic rings. The molecule has 0 aliphatic heterocycles. The summed E-state index contributed by atoms with van der Waals surface area (Å²) < 4.78 is 0. The fourth-order valence-electron chi connectivity index (χ4n) is 4.72. The van der Waals surface area contributed by atoms with Gasteiger partial charge in [-0.3, -0.25) is 4.79 Å². The lowest BCUT2D eigenvalue weighted by molar-refractivity contribution is -0.132. The van der Waals surface area contributed by atoms with Crippen molar-refractivity contribution in [2.75, 3.05) is 13.2 Å². The maximum atomic E-state index is 12.7. The predicted octanol–water partition coefficient (Wildman–Crippen LogP) is 6.12. The molecule has 0 saturated heterocycles. The highest BCUT2D eigenvalue weighted by Crippen LogP contribution is 2.42. The number of carbonyl (C=O) groups excluding carboxylic acids is 1. The second kappa shape index (κ2) is 10.6. The van der Waals surface area contributed by atoms with Gasteiger partial charge >= 0.3 is 0 Å². The fraction of sp³-hybridized carbons (Fsp3) is 0.875. The fourth-order valence-corrected chi connectivity index (χ4v) is 4.72. The quantitative estimate of drug-likeness (QED) is 0.400. The van der Waals surface area contributed by atoms with Gasteiger partial charge in [0.25, 0.3) is 0 Å². The lowest BCUT2D eigenvalue weighted by Crippen LogP contribution is -2.42. The number of aliphatic hydroxyl groups excluding tert-OH is 1. The predicted molar refractivity (Wildman–Crippen MR) is 118 cm³/mol. The standard InChI is InChI=1S/C24H47NO2/c1-10-12-23(8,18-21(3,4)5)15-14-22(6,7)19-24(9,13-11-2)20(27)25-16-17-26/h14-15,26H,10-13,16-19H2,1-9H3,(H,25,27). The molecular weight excluding hydrogens is 334 g/mol. The Hall–Kier alpha value is -0.830. The first kappa shape index (κ1) is 26.2. The van der Waals surface area contributed by atoms with Crippen molar-refractivity contribution in [3.8, 4) is 0 Å². The first-order valence-electron chi connectivity index (χ1n) is 10.8. The third-order valence-electron chi connectivity index (χ3n) is 5.29. The van der Waals surface area contributed by atoms with E-state index in [1.807, 2.05) is 0 Å². The molecule has 2 unspecified atom stereocenters. The van der Waals surface area contributed by atoms with E-state index in [1.165, 1.54) is 12.8 Å². The molecule has 160 valence electrons. The van der Waals surface area contributed by atoms with Crippen molar-refractivity contribution < 1.29 is 9.90 Å². The van der Waals surface area contributed by atoms with Crippen LogP contribution >= 0.6 is 0 Å². The highest BCUT2D eigenvalue weighted by molar-refractivity contribution is 5.82. The highest BCUT2D eigenvalue weighted by Gasteiger charge is 2.37. The van der Waals surface area contributed by atoms with Crippen LogP contribution in [0.2, 0.25) is 0 Å². The van der Waals surface area contributed by atoms with Gasteiger partial charge in [-0.15, -0.1) is 0 Å². The molecule has 0 aromatic carbocycles. The average molecular weight is 382 g/mol. The summed E-state index contributed by atoms with van der Waals surface area (Å²) in [6.45, 7) is 20.5. The van der Waals surface area contributed by atoms with E-state index in [9.17, 15) is 4.79 Å². The Balaban J connectivity index is 5.43. The summed E-state index contributed by atoms with van der Waals surface area (Å²) in [5.74, 6) is 0.0610. The van der Waals surface area contributed by atoms with Gasteiger partial charge in [0, 0.05) is 12.0 Å². The van der Waals surface area contributed by atoms with Crippen LogP contribution in [-0.2, 0) is 4.79 Å². The van der Waals surface area contributed by atoms with Gasteiger partial charge in [0.1, 0.15) is 0 Å². The first-order chi connectivity index (χ1) is 12.2. The molecule has 0 spiro atoms. The Morgan fingerprint density at radius 3 is 1.89 bits per heavy atom. The largest absolute Gasteiger partial charge is 0.395 e. The Morgan fingerprint density at radius 1 is 0.889 bits per heavy atom. The van der Waals surface area contributed by atoms with Gasteiger partial charge in [0.05, 0.1) is 6.61 Å². The van der Waals surface area contributed by atoms with Crippen molar-refractivity contribution >= 4 is 5.91 Å². The molecule has 1 amide bonds. The molecule has 0 aliphatic carbocycles. The Labute approximate surface area is 169 Å². The maximum absolute atomic E-state index is 12.7. The molecule has 0 rings (SSSR count). The highest BCUT2D eigenvalue weighted by atomic mass is 16.3. The minimum absolute atomic E-state index is 0.0145. The van der Waals surface area contributed by atoms with Crippen LogP contribution < -0.4 is 5.32 Å². The van der Waals surface area contributed by atoms with Gasteiger partial charge in [0.2, 0.25) is 5.91 Å². The number of allylic oxidation sites excluding steroid dienone is 2. The number of rotatable bonds is 12. The SMILES string of the molecule is CCCC(C)(C=CC(C)(C)CC(C)(CCC)C(=O)NCCO)CC(C)(C)C. The van der Waals surface area contributed by atoms with E-state index in [4.69, 9.17) is 5.11 Å². The van der Waals surface area contributed by atoms with E-state index in [0.717, 1.165) is 25.7 Å². The summed E-state index contributed by atoms with van der Waals surface area (Å²) >= 11 is 0. The lowest BCUT2D eigenvalue weighted by Gasteiger charge is -2.37. The molecule has 0 aromatic heterocycles. The van der Waals surface area contributed by atoms with Gasteiger partial charge in [-0.1, -0.05) is 87.3 Å². The molecule has 27 heavy (non-hydrogen) atoms. The normalized spacial score (nSPS) is 17.6. The van der Waals surface area contributed by atoms with Crippen LogP contribution in [-0.4, -0.2) is 24.2 Å². The van der Waals surface area contributed by atoms with E-state index in [0.29, 0.717) is 12.0 Å². The molecule has 0 radical (unpaired) electrons. The van der Waals surface area contributed by atoms with Gasteiger partial charge < -0.3 is 10.4 Å². The lowest BCUT2D eigenvalue weighted by atomic mass is 9.68. The molecule has 0 fully saturated rings. The Kier molecular flexibility index (Phi) is 10.3. The van der Waals surface area contributed by atoms with E-state index >= 15 is 0 Å². The van der Waals surface area contributed by atoms with Crippen LogP contribution in [0.3, 0.4) is 0 Å². The van der Waals surface area contributed by atoms with E-state index in [2.05, 4.69) is 79.8 Å². The summed E-state index contributed by atoms with van der Waals surface area (Å²) in [6.07, 6.45) is 10.9. The molecular formula is C24H47NO2. The molecule has 0 heterocycles. The molecule has 3 nitrogen and oxygen atoms in total. The molecule has 0 saturated carbocycles. The van der Waals surface area contributed by atoms with Gasteiger partial charge in [-0.05, 0) is 41.9 Å². The summed E-state index contributed by atoms with van der Waals surface area (Å²) in [7, 11) is 0. The van der Waals surface area contributed by atoms with Crippen LogP contribution in [0.1, 0.15) is 101 Å². The van der Waals surface area contributed by atoms with Crippen LogP contribution in [0.5, 0.6) is 0 Å². The zero-order valence-corrected chi connectivity index (χ0v) is 19.7. The molecule has 0 bridgehead atoms. The number of hydrogen-bond acceptors (Lipinski definition) is 2. The Bertz CT molecular complexity index is 475. The van der Waals surface area contributed by atoms with E-state index in [1.54, 1.807) is 0 Å². The summed E-state index contributed by atoms with van der Waals surface area (Å²) in [6, 6.07) is 0. The van der Waals surface area contributed by atoms with Crippen LogP contribution in [0.25, 0.3) is 0 Å². The van der Waals surface area contributed by atoms with Crippen molar-refractivity contribution in [3.63, 3.8) is 0 Å². The topological polar surface area (TPSA) is 49.3 Å². The summed E-state index contributed by atoms with van der Waals surface area (Å²) in [5, 5.41) is 11.9. The third-order valence-corrected chi connectivity index (χ3v) is 5.29. The van der Waals surface area contributed by atoms with E-state index < -0.39 is 5.41 Å². The molecule has 0 aliphatic rings. The zero-order chi connectivity index (χ0) is 21.4. The Morgan fingerprint density at radius 2 is 1.44 bits per heavy atom. The average Bonchev–Trinajstić information content (AvgIpc) is 2.49. The second-order valence-electron chi connectivity index (χ2n) is 10.9. The van der Waals surface area contributed by atoms with Crippen molar-refractivity contribution in [2.45, 2.75) is 101 Å². The summed E-state index contributed by atoms with van der Waals surface area (Å²) in [5.41, 5.74) is 0.000187. The number of amides is 1. The second-order valence-corrected chi connectivity index (χ2v) is 10.9. The van der Waals surface area contributed by atoms with Crippen molar-refractivity contribution in [1.82, 2.24) is 5.32 Å². The number of aliphatic hydroxyl groups is 1. The first-order valence-corrected chi connectivity index (χ1v) is 10.8. The van der Waals surface area contributed by atoms with E-state index in [-0.39, 0.29) is 23.3 Å². The van der Waals surface area contributed by atoms with Crippen molar-refractivity contribution in [1.29, 1.82) is 0 Å². The van der Waals surface area contributed by atoms with Gasteiger partial charge in [0.15, 0.2) is 0 Å². The maximum Gasteiger partial charge on any atom is 0.226 e. The summed E-state index contributed by atoms with van der Waals surface area (Å²) in [4.78, 5) is 12.7. The molecule has 2 atom stereocenters. The number of nitrogens with one attached hydrogen (secondary N) is 1. The zero-order valence-electron chi connectivity index (χ0n) is 19.7. The van der Waals surface area contributed by atoms with Gasteiger partial charge in [-0.2, -0.15) is 0 Å². The molecule has 2 N–H and O–H groups in total. The monoisotopic (exact) mass is 381 g/mol. The van der Waals surface area contributed by atoms with Gasteiger partial charge in [-0.25, -0.2) is 0 Å². The van der Waals surface area contributed by atoms with Crippen LogP contribution in [0.4, 0.5) is 0 Å². The van der Waals surface area contributed by atoms with Crippen LogP contribution in [0, 0.1) is 21.7 Å². The van der Waals surface area contributed by atoms with Crippen molar-refractivity contribution in [2.24, 2.45) is 21.7 Å². The minimum Gasteiger partial charge on any atom is -0.395 e. The minimum atomic E-state index is -0.414.